The molecule has 0 bridgehead atoms. The number of rotatable bonds is 4. The van der Waals surface area contributed by atoms with Crippen LogP contribution in [0.25, 0.3) is 0 Å². The minimum absolute atomic E-state index is 0.491. The number of hydrogen-bond donors (Lipinski definition) is 0. The molecule has 3 aromatic rings. The van der Waals surface area contributed by atoms with Crippen molar-refractivity contribution >= 4 is 44.7 Å². The van der Waals surface area contributed by atoms with Gasteiger partial charge in [0, 0.05) is 0 Å². The first-order valence-electron chi connectivity index (χ1n) is 7.26. The summed E-state index contributed by atoms with van der Waals surface area (Å²) in [7, 11) is 0. The molecule has 3 rings (SSSR count). The fourth-order valence-electron chi connectivity index (χ4n) is 2.94. The van der Waals surface area contributed by atoms with Gasteiger partial charge in [0.2, 0.25) is 0 Å². The predicted octanol–water partition coefficient (Wildman–Crippen LogP) is 5.25. The van der Waals surface area contributed by atoms with Crippen LogP contribution in [0.3, 0.4) is 0 Å². The van der Waals surface area contributed by atoms with Crippen LogP contribution < -0.4 is 15.9 Å². The van der Waals surface area contributed by atoms with Crippen molar-refractivity contribution in [2.24, 2.45) is 0 Å². The minimum atomic E-state index is -3.77. The summed E-state index contributed by atoms with van der Waals surface area (Å²) in [5.74, 6) is -3.77. The Morgan fingerprint density at radius 3 is 1.57 bits per heavy atom. The van der Waals surface area contributed by atoms with Crippen LogP contribution in [0.15, 0.2) is 84.9 Å². The molecule has 118 valence electrons. The number of hydrogen-bond acceptors (Lipinski definition) is 0. The van der Waals surface area contributed by atoms with Crippen molar-refractivity contribution in [1.82, 2.24) is 0 Å². The molecule has 0 aromatic heterocycles. The first kappa shape index (κ1) is 16.5. The average Bonchev–Trinajstić information content (AvgIpc) is 2.63. The summed E-state index contributed by atoms with van der Waals surface area (Å²) in [5, 5.41) is 2.72. The second kappa shape index (κ2) is 6.24. The van der Waals surface area contributed by atoms with E-state index in [-0.39, 0.29) is 0 Å². The zero-order valence-electron chi connectivity index (χ0n) is 12.4. The molecule has 0 atom stereocenters. The molecule has 0 heterocycles. The van der Waals surface area contributed by atoms with Gasteiger partial charge in [-0.15, -0.1) is 0 Å². The zero-order valence-corrected chi connectivity index (χ0v) is 14.8. The van der Waals surface area contributed by atoms with Gasteiger partial charge in [0.25, 0.3) is 0 Å². The van der Waals surface area contributed by atoms with Gasteiger partial charge in [-0.25, -0.2) is 0 Å². The molecule has 0 N–H and O–H groups in total. The predicted molar refractivity (Wildman–Crippen MR) is 102 cm³/mol. The van der Waals surface area contributed by atoms with Crippen LogP contribution >= 0.6 is 28.8 Å². The molecule has 0 aliphatic carbocycles. The van der Waals surface area contributed by atoms with Crippen LogP contribution in [0.5, 0.6) is 0 Å². The summed E-state index contributed by atoms with van der Waals surface area (Å²) in [5.41, 5.74) is 0. The fourth-order valence-corrected chi connectivity index (χ4v) is 8.64. The molecule has 0 spiro atoms. The normalized spacial score (nSPS) is 13.3. The van der Waals surface area contributed by atoms with E-state index in [1.54, 1.807) is 6.07 Å². The van der Waals surface area contributed by atoms with Gasteiger partial charge in [0.1, 0.15) is 0 Å². The van der Waals surface area contributed by atoms with E-state index < -0.39 is 12.4 Å². The first-order valence-corrected chi connectivity index (χ1v) is 11.0. The third kappa shape index (κ3) is 2.48. The molecule has 23 heavy (non-hydrogen) atoms. The SMILES string of the molecule is FCP(Cl)(c1ccccc1)(c1ccccc1)c1ccccc1Cl. The Morgan fingerprint density at radius 2 is 1.13 bits per heavy atom. The Hall–Kier alpha value is -1.40. The van der Waals surface area contributed by atoms with Gasteiger partial charge in [-0.3, -0.25) is 0 Å². The summed E-state index contributed by atoms with van der Waals surface area (Å²) in [4.78, 5) is 0. The number of alkyl halides is 1. The van der Waals surface area contributed by atoms with Crippen molar-refractivity contribution in [1.29, 1.82) is 0 Å². The van der Waals surface area contributed by atoms with Crippen molar-refractivity contribution in [2.45, 2.75) is 0 Å². The standard InChI is InChI=1S/C19H16Cl2FP/c20-18-13-7-8-14-19(18)23(21,15-22,16-9-3-1-4-10-16)17-11-5-2-6-12-17/h1-14H,15H2. The van der Waals surface area contributed by atoms with Crippen molar-refractivity contribution in [3.63, 3.8) is 0 Å². The third-order valence-electron chi connectivity index (χ3n) is 4.17. The van der Waals surface area contributed by atoms with Gasteiger partial charge >= 0.3 is 145 Å². The summed E-state index contributed by atoms with van der Waals surface area (Å²) in [6.45, 7) is 0. The Balaban J connectivity index is 2.46. The monoisotopic (exact) mass is 364 g/mol. The van der Waals surface area contributed by atoms with E-state index in [4.69, 9.17) is 22.8 Å². The maximum atomic E-state index is 14.8. The summed E-state index contributed by atoms with van der Waals surface area (Å²) >= 11 is 13.8. The van der Waals surface area contributed by atoms with Crippen molar-refractivity contribution < 1.29 is 4.39 Å². The fraction of sp³-hybridized carbons (Fsp3) is 0.0526. The van der Waals surface area contributed by atoms with Gasteiger partial charge in [0.05, 0.1) is 0 Å². The van der Waals surface area contributed by atoms with E-state index in [0.717, 1.165) is 10.6 Å². The topological polar surface area (TPSA) is 0 Å². The average molecular weight is 365 g/mol. The molecule has 0 fully saturated rings. The van der Waals surface area contributed by atoms with Crippen LogP contribution in [-0.2, 0) is 0 Å². The quantitative estimate of drug-likeness (QED) is 0.554. The van der Waals surface area contributed by atoms with E-state index in [2.05, 4.69) is 0 Å². The Morgan fingerprint density at radius 1 is 0.696 bits per heavy atom. The molecule has 0 saturated carbocycles. The Kier molecular flexibility index (Phi) is 4.47. The zero-order chi connectivity index (χ0) is 16.4. The van der Waals surface area contributed by atoms with E-state index in [0.29, 0.717) is 10.3 Å². The van der Waals surface area contributed by atoms with E-state index in [1.165, 1.54) is 0 Å². The van der Waals surface area contributed by atoms with Gasteiger partial charge in [-0.1, -0.05) is 0 Å². The second-order valence-electron chi connectivity index (χ2n) is 5.42. The maximum absolute atomic E-state index is 14.8. The van der Waals surface area contributed by atoms with Crippen LogP contribution in [0.2, 0.25) is 5.02 Å². The summed E-state index contributed by atoms with van der Waals surface area (Å²) in [6, 6.07) is 26.2. The summed E-state index contributed by atoms with van der Waals surface area (Å²) < 4.78 is 14.8. The van der Waals surface area contributed by atoms with Crippen LogP contribution in [-0.4, -0.2) is 6.42 Å². The molecular weight excluding hydrogens is 349 g/mol. The van der Waals surface area contributed by atoms with Crippen LogP contribution in [0.1, 0.15) is 0 Å². The van der Waals surface area contributed by atoms with Gasteiger partial charge in [0.15, 0.2) is 0 Å². The Labute approximate surface area is 145 Å². The van der Waals surface area contributed by atoms with E-state index in [9.17, 15) is 4.39 Å². The molecule has 0 nitrogen and oxygen atoms in total. The van der Waals surface area contributed by atoms with Gasteiger partial charge in [-0.05, 0) is 0 Å². The van der Waals surface area contributed by atoms with Crippen molar-refractivity contribution in [3.05, 3.63) is 90.0 Å². The molecule has 0 unspecified atom stereocenters. The molecule has 0 radical (unpaired) electrons. The van der Waals surface area contributed by atoms with Crippen molar-refractivity contribution in [2.75, 3.05) is 6.42 Å². The Bertz CT molecular complexity index is 766. The van der Waals surface area contributed by atoms with Gasteiger partial charge < -0.3 is 0 Å². The van der Waals surface area contributed by atoms with E-state index >= 15 is 0 Å². The van der Waals surface area contributed by atoms with Gasteiger partial charge in [-0.2, -0.15) is 0 Å². The third-order valence-corrected chi connectivity index (χ3v) is 11.2. The number of halogens is 3. The second-order valence-corrected chi connectivity index (χ2v) is 12.2. The summed E-state index contributed by atoms with van der Waals surface area (Å²) in [6.07, 6.45) is -0.690. The molecule has 0 aliphatic rings. The molecule has 4 heteroatoms. The molecule has 0 amide bonds. The molecule has 0 aliphatic heterocycles. The molecule has 0 saturated heterocycles. The number of benzene rings is 3. The first-order chi connectivity index (χ1) is 11.1. The van der Waals surface area contributed by atoms with Crippen LogP contribution in [0.4, 0.5) is 4.39 Å². The molecular formula is C19H16Cl2FP. The van der Waals surface area contributed by atoms with Crippen LogP contribution in [0, 0.1) is 0 Å². The molecule has 3 aromatic carbocycles. The van der Waals surface area contributed by atoms with E-state index in [1.807, 2.05) is 78.9 Å². The van der Waals surface area contributed by atoms with Crippen molar-refractivity contribution in [3.8, 4) is 0 Å².